The molecule has 0 radical (unpaired) electrons. The lowest BCUT2D eigenvalue weighted by molar-refractivity contribution is 0.340. The van der Waals surface area contributed by atoms with Crippen molar-refractivity contribution < 1.29 is 17.5 Å². The fourth-order valence-electron chi connectivity index (χ4n) is 2.88. The van der Waals surface area contributed by atoms with Crippen LogP contribution in [-0.2, 0) is 10.0 Å². The van der Waals surface area contributed by atoms with E-state index in [9.17, 15) is 12.8 Å². The predicted molar refractivity (Wildman–Crippen MR) is 95.0 cm³/mol. The fraction of sp³-hybridized carbons (Fsp3) is 0.333. The van der Waals surface area contributed by atoms with Crippen molar-refractivity contribution in [2.45, 2.75) is 11.8 Å². The van der Waals surface area contributed by atoms with Crippen molar-refractivity contribution in [3.63, 3.8) is 0 Å². The maximum absolute atomic E-state index is 13.3. The van der Waals surface area contributed by atoms with Crippen molar-refractivity contribution in [2.24, 2.45) is 0 Å². The molecule has 1 saturated heterocycles. The molecule has 2 aromatic rings. The van der Waals surface area contributed by atoms with Crippen LogP contribution >= 0.6 is 0 Å². The minimum Gasteiger partial charge on any atom is -0.494 e. The van der Waals surface area contributed by atoms with Crippen LogP contribution in [0, 0.1) is 5.82 Å². The van der Waals surface area contributed by atoms with E-state index in [1.54, 1.807) is 0 Å². The number of rotatable bonds is 5. The second kappa shape index (κ2) is 7.41. The summed E-state index contributed by atoms with van der Waals surface area (Å²) in [5.41, 5.74) is 1.03. The van der Waals surface area contributed by atoms with Gasteiger partial charge in [-0.1, -0.05) is 6.07 Å². The van der Waals surface area contributed by atoms with Crippen molar-refractivity contribution in [3.05, 3.63) is 54.3 Å². The minimum absolute atomic E-state index is 0.00187. The van der Waals surface area contributed by atoms with Gasteiger partial charge in [-0.2, -0.15) is 4.31 Å². The van der Waals surface area contributed by atoms with Gasteiger partial charge in [-0.3, -0.25) is 0 Å². The van der Waals surface area contributed by atoms with E-state index in [1.807, 2.05) is 31.2 Å². The molecule has 25 heavy (non-hydrogen) atoms. The monoisotopic (exact) mass is 364 g/mol. The summed E-state index contributed by atoms with van der Waals surface area (Å²) in [7, 11) is -3.66. The molecule has 1 aliphatic heterocycles. The van der Waals surface area contributed by atoms with Crippen molar-refractivity contribution in [2.75, 3.05) is 37.7 Å². The first-order valence-electron chi connectivity index (χ1n) is 8.24. The zero-order valence-electron chi connectivity index (χ0n) is 14.1. The maximum Gasteiger partial charge on any atom is 0.243 e. The number of sulfonamides is 1. The second-order valence-corrected chi connectivity index (χ2v) is 7.71. The summed E-state index contributed by atoms with van der Waals surface area (Å²) in [6.45, 7) is 4.46. The third kappa shape index (κ3) is 3.93. The van der Waals surface area contributed by atoms with Gasteiger partial charge in [-0.25, -0.2) is 12.8 Å². The van der Waals surface area contributed by atoms with Crippen LogP contribution < -0.4 is 9.64 Å². The Morgan fingerprint density at radius 1 is 1.04 bits per heavy atom. The normalized spacial score (nSPS) is 16.0. The smallest absolute Gasteiger partial charge is 0.243 e. The predicted octanol–water partition coefficient (Wildman–Crippen LogP) is 2.74. The molecule has 0 amide bonds. The van der Waals surface area contributed by atoms with Crippen LogP contribution in [0.15, 0.2) is 53.4 Å². The zero-order valence-corrected chi connectivity index (χ0v) is 14.9. The summed E-state index contributed by atoms with van der Waals surface area (Å²) in [6.07, 6.45) is 0. The number of halogens is 1. The van der Waals surface area contributed by atoms with E-state index in [2.05, 4.69) is 4.90 Å². The summed E-state index contributed by atoms with van der Waals surface area (Å²) in [6, 6.07) is 12.9. The first-order valence-corrected chi connectivity index (χ1v) is 9.68. The van der Waals surface area contributed by atoms with E-state index in [0.29, 0.717) is 32.8 Å². The quantitative estimate of drug-likeness (QED) is 0.819. The summed E-state index contributed by atoms with van der Waals surface area (Å²) in [5.74, 6) is 0.271. The molecule has 1 fully saturated rings. The van der Waals surface area contributed by atoms with Crippen LogP contribution in [-0.4, -0.2) is 45.5 Å². The highest BCUT2D eigenvalue weighted by molar-refractivity contribution is 7.89. The topological polar surface area (TPSA) is 49.9 Å². The van der Waals surface area contributed by atoms with E-state index in [1.165, 1.54) is 22.5 Å². The summed E-state index contributed by atoms with van der Waals surface area (Å²) in [5, 5.41) is 0. The molecule has 3 rings (SSSR count). The average Bonchev–Trinajstić information content (AvgIpc) is 2.63. The molecule has 5 nitrogen and oxygen atoms in total. The molecule has 0 spiro atoms. The van der Waals surface area contributed by atoms with Gasteiger partial charge in [0, 0.05) is 31.9 Å². The van der Waals surface area contributed by atoms with Crippen molar-refractivity contribution in [1.82, 2.24) is 4.31 Å². The Bertz CT molecular complexity index is 816. The standard InChI is InChI=1S/C18H21FN2O3S/c1-2-24-17-8-6-16(7-9-17)20-10-12-21(13-11-20)25(22,23)18-5-3-4-15(19)14-18/h3-9,14H,2,10-13H2,1H3. The molecule has 134 valence electrons. The second-order valence-electron chi connectivity index (χ2n) is 5.78. The summed E-state index contributed by atoms with van der Waals surface area (Å²) in [4.78, 5) is 2.13. The molecule has 0 saturated carbocycles. The number of benzene rings is 2. The van der Waals surface area contributed by atoms with Gasteiger partial charge in [0.05, 0.1) is 11.5 Å². The fourth-order valence-corrected chi connectivity index (χ4v) is 4.34. The minimum atomic E-state index is -3.66. The number of hydrogen-bond acceptors (Lipinski definition) is 4. The molecule has 0 atom stereocenters. The molecule has 1 heterocycles. The Morgan fingerprint density at radius 2 is 1.72 bits per heavy atom. The Balaban J connectivity index is 1.67. The highest BCUT2D eigenvalue weighted by Crippen LogP contribution is 2.23. The maximum atomic E-state index is 13.3. The van der Waals surface area contributed by atoms with Crippen LogP contribution in [0.25, 0.3) is 0 Å². The van der Waals surface area contributed by atoms with Gasteiger partial charge in [-0.15, -0.1) is 0 Å². The van der Waals surface area contributed by atoms with Gasteiger partial charge in [0.1, 0.15) is 11.6 Å². The van der Waals surface area contributed by atoms with Crippen LogP contribution in [0.2, 0.25) is 0 Å². The number of nitrogens with zero attached hydrogens (tertiary/aromatic N) is 2. The molecule has 0 N–H and O–H groups in total. The Kier molecular flexibility index (Phi) is 5.24. The summed E-state index contributed by atoms with van der Waals surface area (Å²) >= 11 is 0. The molecule has 2 aromatic carbocycles. The lowest BCUT2D eigenvalue weighted by atomic mass is 10.2. The molecule has 0 unspecified atom stereocenters. The molecule has 0 aromatic heterocycles. The third-order valence-electron chi connectivity index (χ3n) is 4.19. The first kappa shape index (κ1) is 17.7. The number of anilines is 1. The van der Waals surface area contributed by atoms with Crippen molar-refractivity contribution >= 4 is 15.7 Å². The molecule has 0 bridgehead atoms. The Hall–Kier alpha value is -2.12. The summed E-state index contributed by atoms with van der Waals surface area (Å²) < 4.78 is 45.4. The van der Waals surface area contributed by atoms with Crippen LogP contribution in [0.4, 0.5) is 10.1 Å². The van der Waals surface area contributed by atoms with E-state index in [0.717, 1.165) is 17.5 Å². The van der Waals surface area contributed by atoms with Gasteiger partial charge in [-0.05, 0) is 49.4 Å². The van der Waals surface area contributed by atoms with Gasteiger partial charge in [0.2, 0.25) is 10.0 Å². The lowest BCUT2D eigenvalue weighted by Crippen LogP contribution is -2.48. The van der Waals surface area contributed by atoms with Crippen LogP contribution in [0.5, 0.6) is 5.75 Å². The van der Waals surface area contributed by atoms with E-state index in [4.69, 9.17) is 4.74 Å². The van der Waals surface area contributed by atoms with Gasteiger partial charge < -0.3 is 9.64 Å². The molecule has 1 aliphatic rings. The highest BCUT2D eigenvalue weighted by Gasteiger charge is 2.28. The SMILES string of the molecule is CCOc1ccc(N2CCN(S(=O)(=O)c3cccc(F)c3)CC2)cc1. The van der Waals surface area contributed by atoms with E-state index >= 15 is 0 Å². The van der Waals surface area contributed by atoms with Gasteiger partial charge >= 0.3 is 0 Å². The number of piperazine rings is 1. The van der Waals surface area contributed by atoms with Crippen molar-refractivity contribution in [3.8, 4) is 5.75 Å². The number of hydrogen-bond donors (Lipinski definition) is 0. The number of ether oxygens (including phenoxy) is 1. The zero-order chi connectivity index (χ0) is 17.9. The van der Waals surface area contributed by atoms with E-state index < -0.39 is 15.8 Å². The molecular formula is C18H21FN2O3S. The van der Waals surface area contributed by atoms with Gasteiger partial charge in [0.15, 0.2) is 0 Å². The first-order chi connectivity index (χ1) is 12.0. The van der Waals surface area contributed by atoms with E-state index in [-0.39, 0.29) is 4.90 Å². The third-order valence-corrected chi connectivity index (χ3v) is 6.08. The van der Waals surface area contributed by atoms with Gasteiger partial charge in [0.25, 0.3) is 0 Å². The highest BCUT2D eigenvalue weighted by atomic mass is 32.2. The molecular weight excluding hydrogens is 343 g/mol. The molecule has 0 aliphatic carbocycles. The Morgan fingerprint density at radius 3 is 2.32 bits per heavy atom. The Labute approximate surface area is 147 Å². The molecule has 7 heteroatoms. The van der Waals surface area contributed by atoms with Crippen LogP contribution in [0.3, 0.4) is 0 Å². The van der Waals surface area contributed by atoms with Crippen molar-refractivity contribution in [1.29, 1.82) is 0 Å². The largest absolute Gasteiger partial charge is 0.494 e. The average molecular weight is 364 g/mol. The van der Waals surface area contributed by atoms with Crippen LogP contribution in [0.1, 0.15) is 6.92 Å². The lowest BCUT2D eigenvalue weighted by Gasteiger charge is -2.35.